The van der Waals surface area contributed by atoms with Crippen LogP contribution < -0.4 is 5.32 Å². The van der Waals surface area contributed by atoms with E-state index in [1.165, 1.54) is 6.92 Å². The van der Waals surface area contributed by atoms with E-state index in [-0.39, 0.29) is 28.4 Å². The van der Waals surface area contributed by atoms with Gasteiger partial charge in [-0.3, -0.25) is 14.9 Å². The Hall–Kier alpha value is -1.96. The minimum absolute atomic E-state index is 0.0505. The maximum Gasteiger partial charge on any atom is 0.332 e. The molecular formula is C12H18ClN5O3. The van der Waals surface area contributed by atoms with Crippen molar-refractivity contribution in [3.63, 3.8) is 0 Å². The van der Waals surface area contributed by atoms with Crippen LogP contribution >= 0.6 is 11.6 Å². The highest BCUT2D eigenvalue weighted by Crippen LogP contribution is 2.27. The largest absolute Gasteiger partial charge is 0.353 e. The Kier molecular flexibility index (Phi) is 5.83. The molecule has 21 heavy (non-hydrogen) atoms. The van der Waals surface area contributed by atoms with E-state index in [0.717, 1.165) is 0 Å². The van der Waals surface area contributed by atoms with E-state index in [4.69, 9.17) is 11.6 Å². The number of rotatable bonds is 6. The zero-order valence-corrected chi connectivity index (χ0v) is 13.1. The third-order valence-corrected chi connectivity index (χ3v) is 3.18. The van der Waals surface area contributed by atoms with Gasteiger partial charge in [-0.2, -0.15) is 4.98 Å². The minimum Gasteiger partial charge on any atom is -0.353 e. The van der Waals surface area contributed by atoms with Gasteiger partial charge >= 0.3 is 5.69 Å². The molecule has 1 aromatic rings. The number of nitro groups is 1. The summed E-state index contributed by atoms with van der Waals surface area (Å²) in [5.74, 6) is -0.216. The fourth-order valence-corrected chi connectivity index (χ4v) is 2.14. The van der Waals surface area contributed by atoms with Gasteiger partial charge in [0, 0.05) is 13.1 Å². The molecule has 1 aromatic heterocycles. The Bertz CT molecular complexity index is 548. The third kappa shape index (κ3) is 4.01. The van der Waals surface area contributed by atoms with Gasteiger partial charge in [-0.15, -0.1) is 0 Å². The van der Waals surface area contributed by atoms with Crippen molar-refractivity contribution in [3.05, 3.63) is 21.1 Å². The Morgan fingerprint density at radius 3 is 2.48 bits per heavy atom. The molecule has 0 saturated carbocycles. The van der Waals surface area contributed by atoms with Gasteiger partial charge in [0.25, 0.3) is 0 Å². The normalized spacial score (nSPS) is 11.9. The molecule has 0 fully saturated rings. The molecule has 0 aliphatic carbocycles. The maximum absolute atomic E-state index is 12.2. The topological polar surface area (TPSA) is 101 Å². The van der Waals surface area contributed by atoms with Crippen molar-refractivity contribution in [2.24, 2.45) is 0 Å². The molecule has 0 bridgehead atoms. The number of amides is 1. The molecule has 1 unspecified atom stereocenters. The van der Waals surface area contributed by atoms with Crippen LogP contribution in [-0.2, 0) is 4.79 Å². The first kappa shape index (κ1) is 17.1. The van der Waals surface area contributed by atoms with Gasteiger partial charge in [-0.25, -0.2) is 4.98 Å². The summed E-state index contributed by atoms with van der Waals surface area (Å²) in [6.45, 7) is 7.94. The standard InChI is InChI=1S/C12H18ClN5O3/c1-5-17(6-2)11(19)8(4)14-10-9(18(20)21)7(3)15-12(13)16-10/h8H,5-6H2,1-4H3,(H,14,15,16). The first-order chi connectivity index (χ1) is 9.81. The summed E-state index contributed by atoms with van der Waals surface area (Å²) < 4.78 is 0. The van der Waals surface area contributed by atoms with Gasteiger partial charge < -0.3 is 10.2 Å². The number of hydrogen-bond acceptors (Lipinski definition) is 6. The van der Waals surface area contributed by atoms with Crippen LogP contribution in [0.3, 0.4) is 0 Å². The van der Waals surface area contributed by atoms with E-state index >= 15 is 0 Å². The molecule has 1 heterocycles. The molecule has 9 heteroatoms. The Balaban J connectivity index is 3.07. The van der Waals surface area contributed by atoms with Crippen LogP contribution in [0.5, 0.6) is 0 Å². The number of carbonyl (C=O) groups is 1. The minimum atomic E-state index is -0.658. The molecule has 0 aromatic carbocycles. The van der Waals surface area contributed by atoms with Gasteiger partial charge in [-0.05, 0) is 39.3 Å². The van der Waals surface area contributed by atoms with Crippen molar-refractivity contribution < 1.29 is 9.72 Å². The van der Waals surface area contributed by atoms with Crippen molar-refractivity contribution in [2.75, 3.05) is 18.4 Å². The Morgan fingerprint density at radius 1 is 1.43 bits per heavy atom. The number of aryl methyl sites for hydroxylation is 1. The summed E-state index contributed by atoms with van der Waals surface area (Å²) >= 11 is 5.73. The van der Waals surface area contributed by atoms with Crippen molar-refractivity contribution in [1.29, 1.82) is 0 Å². The van der Waals surface area contributed by atoms with E-state index in [1.54, 1.807) is 11.8 Å². The van der Waals surface area contributed by atoms with Crippen LogP contribution in [0, 0.1) is 17.0 Å². The van der Waals surface area contributed by atoms with Crippen molar-refractivity contribution in [2.45, 2.75) is 33.7 Å². The molecule has 0 aliphatic heterocycles. The number of aromatic nitrogens is 2. The molecule has 0 radical (unpaired) electrons. The van der Waals surface area contributed by atoms with Gasteiger partial charge in [0.2, 0.25) is 17.0 Å². The summed E-state index contributed by atoms with van der Waals surface area (Å²) in [5, 5.41) is 13.7. The highest BCUT2D eigenvalue weighted by molar-refractivity contribution is 6.28. The smallest absolute Gasteiger partial charge is 0.332 e. The van der Waals surface area contributed by atoms with E-state index in [9.17, 15) is 14.9 Å². The Morgan fingerprint density at radius 2 is 2.00 bits per heavy atom. The van der Waals surface area contributed by atoms with Gasteiger partial charge in [0.05, 0.1) is 4.92 Å². The van der Waals surface area contributed by atoms with Crippen molar-refractivity contribution in [1.82, 2.24) is 14.9 Å². The lowest BCUT2D eigenvalue weighted by Crippen LogP contribution is -2.41. The van der Waals surface area contributed by atoms with Gasteiger partial charge in [0.1, 0.15) is 11.7 Å². The fourth-order valence-electron chi connectivity index (χ4n) is 1.93. The van der Waals surface area contributed by atoms with Crippen LogP contribution in [0.15, 0.2) is 0 Å². The summed E-state index contributed by atoms with van der Waals surface area (Å²) in [6, 6.07) is -0.658. The molecule has 0 saturated heterocycles. The van der Waals surface area contributed by atoms with Crippen LogP contribution in [0.2, 0.25) is 5.28 Å². The summed E-state index contributed by atoms with van der Waals surface area (Å²) in [4.78, 5) is 31.9. The molecule has 1 N–H and O–H groups in total. The first-order valence-corrected chi connectivity index (χ1v) is 6.93. The predicted molar refractivity (Wildman–Crippen MR) is 79.4 cm³/mol. The number of nitrogens with zero attached hydrogens (tertiary/aromatic N) is 4. The van der Waals surface area contributed by atoms with Crippen molar-refractivity contribution >= 4 is 29.0 Å². The molecule has 1 rings (SSSR count). The summed E-state index contributed by atoms with van der Waals surface area (Å²) in [5.41, 5.74) is -0.136. The van der Waals surface area contributed by atoms with E-state index < -0.39 is 11.0 Å². The number of carbonyl (C=O) groups excluding carboxylic acids is 1. The quantitative estimate of drug-likeness (QED) is 0.489. The second-order valence-corrected chi connectivity index (χ2v) is 4.75. The zero-order chi connectivity index (χ0) is 16.2. The lowest BCUT2D eigenvalue weighted by molar-refractivity contribution is -0.385. The van der Waals surface area contributed by atoms with Crippen LogP contribution in [0.25, 0.3) is 0 Å². The molecular weight excluding hydrogens is 298 g/mol. The van der Waals surface area contributed by atoms with Crippen LogP contribution in [-0.4, -0.2) is 44.8 Å². The highest BCUT2D eigenvalue weighted by atomic mass is 35.5. The predicted octanol–water partition coefficient (Wildman–Crippen LogP) is 2.02. The molecule has 8 nitrogen and oxygen atoms in total. The monoisotopic (exact) mass is 315 g/mol. The highest BCUT2D eigenvalue weighted by Gasteiger charge is 2.26. The SMILES string of the molecule is CCN(CC)C(=O)C(C)Nc1nc(Cl)nc(C)c1[N+](=O)[O-]. The van der Waals surface area contributed by atoms with Gasteiger partial charge in [0.15, 0.2) is 0 Å². The average Bonchev–Trinajstić information content (AvgIpc) is 2.38. The zero-order valence-electron chi connectivity index (χ0n) is 12.4. The molecule has 1 amide bonds. The van der Waals surface area contributed by atoms with Crippen molar-refractivity contribution in [3.8, 4) is 0 Å². The van der Waals surface area contributed by atoms with E-state index in [2.05, 4.69) is 15.3 Å². The fraction of sp³-hybridized carbons (Fsp3) is 0.583. The second kappa shape index (κ2) is 7.16. The number of likely N-dealkylation sites (N-methyl/N-ethyl adjacent to an activating group) is 1. The average molecular weight is 316 g/mol. The van der Waals surface area contributed by atoms with Crippen LogP contribution in [0.4, 0.5) is 11.5 Å². The molecule has 0 aliphatic rings. The Labute approximate surface area is 127 Å². The number of hydrogen-bond donors (Lipinski definition) is 1. The van der Waals surface area contributed by atoms with E-state index in [0.29, 0.717) is 13.1 Å². The number of nitrogens with one attached hydrogen (secondary N) is 1. The summed E-state index contributed by atoms with van der Waals surface area (Å²) in [6.07, 6.45) is 0. The lowest BCUT2D eigenvalue weighted by Gasteiger charge is -2.23. The third-order valence-electron chi connectivity index (χ3n) is 3.01. The molecule has 116 valence electrons. The number of halogens is 1. The first-order valence-electron chi connectivity index (χ1n) is 6.55. The maximum atomic E-state index is 12.2. The molecule has 0 spiro atoms. The van der Waals surface area contributed by atoms with E-state index in [1.807, 2.05) is 13.8 Å². The van der Waals surface area contributed by atoms with Crippen LogP contribution in [0.1, 0.15) is 26.5 Å². The number of anilines is 1. The lowest BCUT2D eigenvalue weighted by atomic mass is 10.2. The summed E-state index contributed by atoms with van der Waals surface area (Å²) in [7, 11) is 0. The van der Waals surface area contributed by atoms with Gasteiger partial charge in [-0.1, -0.05) is 0 Å². The molecule has 1 atom stereocenters. The second-order valence-electron chi connectivity index (χ2n) is 4.41.